The van der Waals surface area contributed by atoms with Gasteiger partial charge in [-0.2, -0.15) is 0 Å². The van der Waals surface area contributed by atoms with Gasteiger partial charge in [-0.3, -0.25) is 9.36 Å². The lowest BCUT2D eigenvalue weighted by atomic mass is 10.0. The summed E-state index contributed by atoms with van der Waals surface area (Å²) in [4.78, 5) is 12.6. The zero-order valence-corrected chi connectivity index (χ0v) is 21.0. The largest absolute Gasteiger partial charge is 0.492 e. The predicted molar refractivity (Wildman–Crippen MR) is 137 cm³/mol. The summed E-state index contributed by atoms with van der Waals surface area (Å²) in [6, 6.07) is 15.5. The molecule has 3 rings (SSSR count). The van der Waals surface area contributed by atoms with Crippen molar-refractivity contribution in [3.05, 3.63) is 72.6 Å². The Bertz CT molecular complexity index is 1100. The summed E-state index contributed by atoms with van der Waals surface area (Å²) in [7, 11) is 0. The highest BCUT2D eigenvalue weighted by molar-refractivity contribution is 7.99. The number of thioether (sulfide) groups is 1. The van der Waals surface area contributed by atoms with Crippen LogP contribution in [0.3, 0.4) is 0 Å². The predicted octanol–water partition coefficient (Wildman–Crippen LogP) is 5.86. The summed E-state index contributed by atoms with van der Waals surface area (Å²) in [6.07, 6.45) is 1.46. The highest BCUT2D eigenvalue weighted by atomic mass is 32.2. The Morgan fingerprint density at radius 3 is 2.56 bits per heavy atom. The van der Waals surface area contributed by atoms with Gasteiger partial charge < -0.3 is 14.8 Å². The number of anilines is 1. The van der Waals surface area contributed by atoms with E-state index < -0.39 is 0 Å². The number of hydrogen-bond acceptors (Lipinski definition) is 6. The van der Waals surface area contributed by atoms with Crippen LogP contribution >= 0.6 is 11.8 Å². The van der Waals surface area contributed by atoms with Gasteiger partial charge in [-0.15, -0.1) is 16.8 Å². The fourth-order valence-electron chi connectivity index (χ4n) is 3.36. The number of ether oxygens (including phenoxy) is 2. The molecule has 1 unspecified atom stereocenters. The minimum Gasteiger partial charge on any atom is -0.492 e. The van der Waals surface area contributed by atoms with E-state index in [1.165, 1.54) is 17.3 Å². The highest BCUT2D eigenvalue weighted by Crippen LogP contribution is 2.27. The molecule has 0 aliphatic rings. The van der Waals surface area contributed by atoms with E-state index in [-0.39, 0.29) is 17.8 Å². The van der Waals surface area contributed by atoms with Crippen molar-refractivity contribution >= 4 is 23.4 Å². The molecule has 0 aliphatic carbocycles. The first kappa shape index (κ1) is 25.4. The monoisotopic (exact) mass is 480 g/mol. The SMILES string of the molecule is C=CCn1c(SCC(=O)Nc2ccccc2OCC)nnc1C(C)Oc1ccc(C(C)C)cc1. The summed E-state index contributed by atoms with van der Waals surface area (Å²) in [6.45, 7) is 13.0. The first-order valence-electron chi connectivity index (χ1n) is 11.4. The van der Waals surface area contributed by atoms with Crippen molar-refractivity contribution in [3.8, 4) is 11.5 Å². The van der Waals surface area contributed by atoms with Crippen molar-refractivity contribution in [3.63, 3.8) is 0 Å². The lowest BCUT2D eigenvalue weighted by molar-refractivity contribution is -0.113. The normalized spacial score (nSPS) is 11.8. The van der Waals surface area contributed by atoms with Crippen molar-refractivity contribution in [1.29, 1.82) is 0 Å². The molecule has 0 saturated carbocycles. The molecule has 0 spiro atoms. The molecule has 0 radical (unpaired) electrons. The Labute approximate surface area is 205 Å². The molecule has 0 aliphatic heterocycles. The van der Waals surface area contributed by atoms with Gasteiger partial charge in [-0.25, -0.2) is 0 Å². The standard InChI is InChI=1S/C26H32N4O3S/c1-6-16-30-25(19(5)33-21-14-12-20(13-15-21)18(3)4)28-29-26(30)34-17-24(31)27-22-10-8-9-11-23(22)32-7-2/h6,8-15,18-19H,1,7,16-17H2,2-5H3,(H,27,31). The van der Waals surface area contributed by atoms with E-state index in [1.54, 1.807) is 6.08 Å². The molecular weight excluding hydrogens is 448 g/mol. The van der Waals surface area contributed by atoms with Gasteiger partial charge in [-0.05, 0) is 49.6 Å². The summed E-state index contributed by atoms with van der Waals surface area (Å²) in [5.74, 6) is 2.59. The quantitative estimate of drug-likeness (QED) is 0.258. The van der Waals surface area contributed by atoms with Gasteiger partial charge in [0.2, 0.25) is 5.91 Å². The van der Waals surface area contributed by atoms with E-state index >= 15 is 0 Å². The highest BCUT2D eigenvalue weighted by Gasteiger charge is 2.20. The van der Waals surface area contributed by atoms with Crippen molar-refractivity contribution in [2.24, 2.45) is 0 Å². The second kappa shape index (κ2) is 12.3. The number of aromatic nitrogens is 3. The second-order valence-corrected chi connectivity index (χ2v) is 8.93. The molecule has 0 saturated heterocycles. The Hall–Kier alpha value is -3.26. The number of amides is 1. The van der Waals surface area contributed by atoms with E-state index in [1.807, 2.05) is 54.8 Å². The van der Waals surface area contributed by atoms with Crippen molar-refractivity contribution in [2.45, 2.75) is 51.4 Å². The van der Waals surface area contributed by atoms with Crippen LogP contribution in [0, 0.1) is 0 Å². The topological polar surface area (TPSA) is 78.3 Å². The minimum atomic E-state index is -0.321. The third kappa shape index (κ3) is 6.63. The maximum Gasteiger partial charge on any atom is 0.234 e. The number of rotatable bonds is 12. The fourth-order valence-corrected chi connectivity index (χ4v) is 4.12. The lowest BCUT2D eigenvalue weighted by Crippen LogP contribution is -2.16. The van der Waals surface area contributed by atoms with Gasteiger partial charge in [0.25, 0.3) is 0 Å². The van der Waals surface area contributed by atoms with Crippen LogP contribution in [0.25, 0.3) is 0 Å². The number of benzene rings is 2. The molecule has 1 atom stereocenters. The van der Waals surface area contributed by atoms with Gasteiger partial charge in [0, 0.05) is 6.54 Å². The van der Waals surface area contributed by atoms with E-state index in [2.05, 4.69) is 48.1 Å². The molecule has 180 valence electrons. The molecule has 34 heavy (non-hydrogen) atoms. The summed E-state index contributed by atoms with van der Waals surface area (Å²) in [5, 5.41) is 12.2. The maximum atomic E-state index is 12.6. The van der Waals surface area contributed by atoms with E-state index in [4.69, 9.17) is 9.47 Å². The Morgan fingerprint density at radius 2 is 1.88 bits per heavy atom. The third-order valence-corrected chi connectivity index (χ3v) is 6.04. The summed E-state index contributed by atoms with van der Waals surface area (Å²) >= 11 is 1.32. The number of allylic oxidation sites excluding steroid dienone is 1. The van der Waals surface area contributed by atoms with Gasteiger partial charge in [0.1, 0.15) is 11.5 Å². The van der Waals surface area contributed by atoms with E-state index in [9.17, 15) is 4.79 Å². The van der Waals surface area contributed by atoms with Gasteiger partial charge in [-0.1, -0.05) is 56.0 Å². The molecule has 0 fully saturated rings. The van der Waals surface area contributed by atoms with Crippen LogP contribution in [0.5, 0.6) is 11.5 Å². The minimum absolute atomic E-state index is 0.151. The van der Waals surface area contributed by atoms with Gasteiger partial charge >= 0.3 is 0 Å². The van der Waals surface area contributed by atoms with Crippen LogP contribution in [0.15, 0.2) is 66.3 Å². The van der Waals surface area contributed by atoms with Crippen LogP contribution in [-0.4, -0.2) is 33.0 Å². The number of nitrogens with one attached hydrogen (secondary N) is 1. The molecule has 8 heteroatoms. The number of carbonyl (C=O) groups excluding carboxylic acids is 1. The first-order valence-corrected chi connectivity index (χ1v) is 12.4. The molecule has 1 amide bonds. The Morgan fingerprint density at radius 1 is 1.15 bits per heavy atom. The third-order valence-electron chi connectivity index (χ3n) is 5.07. The molecule has 3 aromatic rings. The molecule has 1 aromatic heterocycles. The zero-order chi connectivity index (χ0) is 24.5. The van der Waals surface area contributed by atoms with Crippen LogP contribution in [0.4, 0.5) is 5.69 Å². The molecule has 1 N–H and O–H groups in total. The summed E-state index contributed by atoms with van der Waals surface area (Å²) in [5.41, 5.74) is 1.91. The Balaban J connectivity index is 1.66. The number of carbonyl (C=O) groups is 1. The average molecular weight is 481 g/mol. The number of para-hydroxylation sites is 2. The van der Waals surface area contributed by atoms with E-state index in [0.717, 1.165) is 5.75 Å². The van der Waals surface area contributed by atoms with Crippen LogP contribution in [-0.2, 0) is 11.3 Å². The average Bonchev–Trinajstić information content (AvgIpc) is 3.22. The molecule has 0 bridgehead atoms. The molecule has 2 aromatic carbocycles. The smallest absolute Gasteiger partial charge is 0.234 e. The molecular formula is C26H32N4O3S. The van der Waals surface area contributed by atoms with Crippen molar-refractivity contribution in [2.75, 3.05) is 17.7 Å². The zero-order valence-electron chi connectivity index (χ0n) is 20.2. The van der Waals surface area contributed by atoms with E-state index in [0.29, 0.717) is 41.5 Å². The number of nitrogens with zero attached hydrogens (tertiary/aromatic N) is 3. The van der Waals surface area contributed by atoms with Gasteiger partial charge in [0.05, 0.1) is 18.0 Å². The van der Waals surface area contributed by atoms with Crippen LogP contribution < -0.4 is 14.8 Å². The first-order chi connectivity index (χ1) is 16.4. The maximum absolute atomic E-state index is 12.6. The van der Waals surface area contributed by atoms with Crippen LogP contribution in [0.2, 0.25) is 0 Å². The van der Waals surface area contributed by atoms with Gasteiger partial charge in [0.15, 0.2) is 17.1 Å². The van der Waals surface area contributed by atoms with Crippen molar-refractivity contribution < 1.29 is 14.3 Å². The number of hydrogen-bond donors (Lipinski definition) is 1. The van der Waals surface area contributed by atoms with Crippen LogP contribution in [0.1, 0.15) is 51.1 Å². The molecule has 1 heterocycles. The lowest BCUT2D eigenvalue weighted by Gasteiger charge is -2.16. The second-order valence-electron chi connectivity index (χ2n) is 7.99. The Kier molecular flexibility index (Phi) is 9.16. The summed E-state index contributed by atoms with van der Waals surface area (Å²) < 4.78 is 13.6. The molecule has 7 nitrogen and oxygen atoms in total. The van der Waals surface area contributed by atoms with Crippen molar-refractivity contribution in [1.82, 2.24) is 14.8 Å². The fraction of sp³-hybridized carbons (Fsp3) is 0.346.